The van der Waals surface area contributed by atoms with Crippen molar-refractivity contribution in [3.8, 4) is 0 Å². The first-order valence-corrected chi connectivity index (χ1v) is 7.73. The molecule has 0 unspecified atom stereocenters. The fraction of sp³-hybridized carbons (Fsp3) is 0.375. The molecule has 4 rings (SSSR count). The number of fused-ring (bicyclic) bond motifs is 1. The smallest absolute Gasteiger partial charge is 0.292 e. The highest BCUT2D eigenvalue weighted by Gasteiger charge is 2.34. The van der Waals surface area contributed by atoms with Crippen LogP contribution in [0.25, 0.3) is 0 Å². The van der Waals surface area contributed by atoms with E-state index >= 15 is 0 Å². The Morgan fingerprint density at radius 1 is 1.38 bits per heavy atom. The Labute approximate surface area is 138 Å². The molecule has 0 aliphatic carbocycles. The summed E-state index contributed by atoms with van der Waals surface area (Å²) < 4.78 is 6.85. The zero-order valence-corrected chi connectivity index (χ0v) is 13.2. The van der Waals surface area contributed by atoms with Crippen LogP contribution < -0.4 is 5.43 Å². The van der Waals surface area contributed by atoms with Crippen LogP contribution in [0.5, 0.6) is 0 Å². The van der Waals surface area contributed by atoms with Gasteiger partial charge in [-0.05, 0) is 11.6 Å². The molecule has 2 amide bonds. The van der Waals surface area contributed by atoms with Gasteiger partial charge >= 0.3 is 0 Å². The zero-order valence-electron chi connectivity index (χ0n) is 13.2. The number of benzene rings is 1. The summed E-state index contributed by atoms with van der Waals surface area (Å²) in [4.78, 5) is 24.6. The fourth-order valence-corrected chi connectivity index (χ4v) is 2.94. The van der Waals surface area contributed by atoms with Crippen LogP contribution in [0.4, 0.5) is 0 Å². The summed E-state index contributed by atoms with van der Waals surface area (Å²) in [7, 11) is 0. The van der Waals surface area contributed by atoms with Crippen LogP contribution in [0, 0.1) is 5.41 Å². The minimum absolute atomic E-state index is 0.0357. The van der Waals surface area contributed by atoms with E-state index in [4.69, 9.17) is 4.74 Å². The monoisotopic (exact) mass is 327 g/mol. The highest BCUT2D eigenvalue weighted by Crippen LogP contribution is 2.28. The van der Waals surface area contributed by atoms with Gasteiger partial charge in [0.2, 0.25) is 0 Å². The van der Waals surface area contributed by atoms with Crippen LogP contribution in [0.15, 0.2) is 30.5 Å². The first kappa shape index (κ1) is 14.8. The van der Waals surface area contributed by atoms with Crippen molar-refractivity contribution in [2.24, 2.45) is 5.41 Å². The Hall–Kier alpha value is -2.74. The Kier molecular flexibility index (Phi) is 3.34. The van der Waals surface area contributed by atoms with E-state index < -0.39 is 5.91 Å². The summed E-state index contributed by atoms with van der Waals surface area (Å²) in [6.07, 6.45) is 1.59. The van der Waals surface area contributed by atoms with Gasteiger partial charge in [-0.25, -0.2) is 5.01 Å². The number of hydrogen-bond donors (Lipinski definition) is 1. The van der Waals surface area contributed by atoms with Crippen LogP contribution in [0.2, 0.25) is 0 Å². The van der Waals surface area contributed by atoms with Crippen LogP contribution in [-0.2, 0) is 17.8 Å². The molecule has 0 spiro atoms. The maximum absolute atomic E-state index is 12.3. The molecule has 124 valence electrons. The van der Waals surface area contributed by atoms with Gasteiger partial charge in [-0.1, -0.05) is 30.3 Å². The number of carbonyl (C=O) groups excluding carboxylic acids is 2. The van der Waals surface area contributed by atoms with Crippen molar-refractivity contribution in [3.05, 3.63) is 47.3 Å². The topological polar surface area (TPSA) is 89.4 Å². The van der Waals surface area contributed by atoms with Gasteiger partial charge in [-0.15, -0.1) is 5.10 Å². The predicted molar refractivity (Wildman–Crippen MR) is 82.7 cm³/mol. The first-order chi connectivity index (χ1) is 11.5. The van der Waals surface area contributed by atoms with E-state index in [1.54, 1.807) is 23.0 Å². The molecule has 2 aromatic rings. The van der Waals surface area contributed by atoms with E-state index in [0.717, 1.165) is 5.56 Å². The normalized spacial score (nSPS) is 18.2. The number of nitrogens with zero attached hydrogens (tertiary/aromatic N) is 4. The molecular formula is C16H17N5O3. The number of aromatic nitrogens is 3. The SMILES string of the molecule is CC1(Cn2cc(C(=O)NN3Cc4ccccc4C3=O)nn2)COC1. The fourth-order valence-electron chi connectivity index (χ4n) is 2.94. The second-order valence-corrected chi connectivity index (χ2v) is 6.59. The van der Waals surface area contributed by atoms with Gasteiger partial charge in [-0.3, -0.25) is 19.7 Å². The maximum Gasteiger partial charge on any atom is 0.292 e. The Bertz CT molecular complexity index is 812. The third-order valence-electron chi connectivity index (χ3n) is 4.27. The summed E-state index contributed by atoms with van der Waals surface area (Å²) in [5.74, 6) is -0.664. The maximum atomic E-state index is 12.3. The molecule has 1 saturated heterocycles. The van der Waals surface area contributed by atoms with Crippen molar-refractivity contribution in [1.82, 2.24) is 25.4 Å². The third kappa shape index (κ3) is 2.54. The minimum atomic E-state index is -0.447. The molecule has 0 radical (unpaired) electrons. The van der Waals surface area contributed by atoms with E-state index in [2.05, 4.69) is 22.7 Å². The number of carbonyl (C=O) groups is 2. The predicted octanol–water partition coefficient (Wildman–Crippen LogP) is 0.615. The van der Waals surface area contributed by atoms with Gasteiger partial charge < -0.3 is 4.74 Å². The molecule has 1 aromatic heterocycles. The lowest BCUT2D eigenvalue weighted by Gasteiger charge is -2.37. The van der Waals surface area contributed by atoms with Crippen molar-refractivity contribution < 1.29 is 14.3 Å². The van der Waals surface area contributed by atoms with E-state index in [1.165, 1.54) is 5.01 Å². The lowest BCUT2D eigenvalue weighted by molar-refractivity contribution is -0.111. The number of rotatable bonds is 4. The van der Waals surface area contributed by atoms with E-state index in [1.807, 2.05) is 12.1 Å². The minimum Gasteiger partial charge on any atom is -0.380 e. The Balaban J connectivity index is 1.42. The standard InChI is InChI=1S/C16H17N5O3/c1-16(9-24-10-16)8-20-7-13(17-19-20)14(22)18-21-6-11-4-2-3-5-12(11)15(21)23/h2-5,7H,6,8-10H2,1H3,(H,18,22). The van der Waals surface area contributed by atoms with Crippen LogP contribution in [0.3, 0.4) is 0 Å². The summed E-state index contributed by atoms with van der Waals surface area (Å²) in [5.41, 5.74) is 4.32. The lowest BCUT2D eigenvalue weighted by atomic mass is 9.89. The van der Waals surface area contributed by atoms with E-state index in [-0.39, 0.29) is 17.0 Å². The Morgan fingerprint density at radius 2 is 2.17 bits per heavy atom. The van der Waals surface area contributed by atoms with Gasteiger partial charge in [0.25, 0.3) is 11.8 Å². The number of hydrazine groups is 1. The summed E-state index contributed by atoms with van der Waals surface area (Å²) in [6.45, 7) is 4.44. The molecule has 0 atom stereocenters. The van der Waals surface area contributed by atoms with Crippen molar-refractivity contribution >= 4 is 11.8 Å². The summed E-state index contributed by atoms with van der Waals surface area (Å²) in [6, 6.07) is 7.30. The molecule has 0 bridgehead atoms. The summed E-state index contributed by atoms with van der Waals surface area (Å²) in [5, 5.41) is 9.18. The van der Waals surface area contributed by atoms with Crippen LogP contribution >= 0.6 is 0 Å². The number of amides is 2. The number of ether oxygens (including phenoxy) is 1. The largest absolute Gasteiger partial charge is 0.380 e. The molecule has 1 fully saturated rings. The van der Waals surface area contributed by atoms with Gasteiger partial charge in [0.15, 0.2) is 5.69 Å². The zero-order chi connectivity index (χ0) is 16.7. The molecule has 2 aliphatic rings. The molecule has 3 heterocycles. The van der Waals surface area contributed by atoms with Crippen molar-refractivity contribution in [2.45, 2.75) is 20.0 Å². The Morgan fingerprint density at radius 3 is 2.88 bits per heavy atom. The van der Waals surface area contributed by atoms with Crippen molar-refractivity contribution in [1.29, 1.82) is 0 Å². The second-order valence-electron chi connectivity index (χ2n) is 6.59. The molecule has 8 heteroatoms. The average Bonchev–Trinajstić information content (AvgIpc) is 3.12. The van der Waals surface area contributed by atoms with Crippen LogP contribution in [-0.4, -0.2) is 45.0 Å². The van der Waals surface area contributed by atoms with Crippen LogP contribution in [0.1, 0.15) is 33.3 Å². The van der Waals surface area contributed by atoms with E-state index in [9.17, 15) is 9.59 Å². The summed E-state index contributed by atoms with van der Waals surface area (Å²) >= 11 is 0. The molecule has 0 saturated carbocycles. The number of hydrogen-bond acceptors (Lipinski definition) is 5. The quantitative estimate of drug-likeness (QED) is 0.889. The molecule has 1 N–H and O–H groups in total. The average molecular weight is 327 g/mol. The molecule has 24 heavy (non-hydrogen) atoms. The second kappa shape index (κ2) is 5.41. The lowest BCUT2D eigenvalue weighted by Crippen LogP contribution is -2.43. The van der Waals surface area contributed by atoms with Crippen molar-refractivity contribution in [2.75, 3.05) is 13.2 Å². The highest BCUT2D eigenvalue weighted by atomic mass is 16.5. The van der Waals surface area contributed by atoms with Gasteiger partial charge in [0.1, 0.15) is 0 Å². The van der Waals surface area contributed by atoms with Gasteiger partial charge in [0.05, 0.1) is 32.5 Å². The van der Waals surface area contributed by atoms with Gasteiger partial charge in [0, 0.05) is 11.0 Å². The molecule has 8 nitrogen and oxygen atoms in total. The molecule has 2 aliphatic heterocycles. The highest BCUT2D eigenvalue weighted by molar-refractivity contribution is 6.01. The van der Waals surface area contributed by atoms with Crippen molar-refractivity contribution in [3.63, 3.8) is 0 Å². The molecule has 1 aromatic carbocycles. The van der Waals surface area contributed by atoms with E-state index in [0.29, 0.717) is 31.9 Å². The van der Waals surface area contributed by atoms with Gasteiger partial charge in [-0.2, -0.15) is 0 Å². The first-order valence-electron chi connectivity index (χ1n) is 7.73. The number of nitrogens with one attached hydrogen (secondary N) is 1. The molecular weight excluding hydrogens is 310 g/mol. The third-order valence-corrected chi connectivity index (χ3v) is 4.27.